The number of rotatable bonds is 4. The van der Waals surface area contributed by atoms with Gasteiger partial charge in [-0.05, 0) is 31.4 Å². The highest BCUT2D eigenvalue weighted by Crippen LogP contribution is 2.24. The van der Waals surface area contributed by atoms with Crippen molar-refractivity contribution in [2.75, 3.05) is 11.9 Å². The number of nitrogens with one attached hydrogen (secondary N) is 1. The molecule has 1 aliphatic heterocycles. The normalized spacial score (nSPS) is 18.6. The molecule has 2 rings (SSSR count). The molecule has 1 fully saturated rings. The van der Waals surface area contributed by atoms with Crippen LogP contribution in [0.3, 0.4) is 0 Å². The quantitative estimate of drug-likeness (QED) is 0.839. The summed E-state index contributed by atoms with van der Waals surface area (Å²) in [6, 6.07) is 5.08. The molecular formula is C14H17ClN2O2S. The second-order valence-electron chi connectivity index (χ2n) is 4.80. The number of benzene rings is 1. The maximum Gasteiger partial charge on any atom is 0.227 e. The number of anilines is 1. The van der Waals surface area contributed by atoms with Crippen LogP contribution in [0.2, 0.25) is 5.02 Å². The fourth-order valence-electron chi connectivity index (χ4n) is 2.15. The number of thiocarbonyl (C=S) groups is 1. The largest absolute Gasteiger partial charge is 0.389 e. The Balaban J connectivity index is 1.99. The standard InChI is InChI=1S/C14H17ClN2O2S/c15-11-5-4-9(14(16)20)7-12(11)17-13(18)8-10-3-1-2-6-19-10/h4-5,7,10H,1-3,6,8H2,(H2,16,20)(H,17,18). The second-order valence-corrected chi connectivity index (χ2v) is 5.65. The first-order valence-electron chi connectivity index (χ1n) is 6.57. The molecule has 1 saturated heterocycles. The highest BCUT2D eigenvalue weighted by Gasteiger charge is 2.18. The van der Waals surface area contributed by atoms with Crippen LogP contribution >= 0.6 is 23.8 Å². The zero-order chi connectivity index (χ0) is 14.5. The number of amides is 1. The Morgan fingerprint density at radius 3 is 2.95 bits per heavy atom. The van der Waals surface area contributed by atoms with E-state index in [1.54, 1.807) is 18.2 Å². The Kier molecular flexibility index (Phi) is 5.34. The summed E-state index contributed by atoms with van der Waals surface area (Å²) in [6.45, 7) is 0.732. The van der Waals surface area contributed by atoms with Crippen LogP contribution in [0.5, 0.6) is 0 Å². The zero-order valence-corrected chi connectivity index (χ0v) is 12.6. The van der Waals surface area contributed by atoms with Gasteiger partial charge in [-0.1, -0.05) is 29.9 Å². The summed E-state index contributed by atoms with van der Waals surface area (Å²) in [6.07, 6.45) is 3.44. The lowest BCUT2D eigenvalue weighted by molar-refractivity contribution is -0.119. The maximum absolute atomic E-state index is 12.0. The molecule has 1 aromatic carbocycles. The molecule has 6 heteroatoms. The lowest BCUT2D eigenvalue weighted by atomic mass is 10.1. The van der Waals surface area contributed by atoms with Crippen molar-refractivity contribution in [3.8, 4) is 0 Å². The minimum absolute atomic E-state index is 0.00120. The molecule has 1 unspecified atom stereocenters. The summed E-state index contributed by atoms with van der Waals surface area (Å²) in [7, 11) is 0. The van der Waals surface area contributed by atoms with Crippen LogP contribution in [-0.2, 0) is 9.53 Å². The van der Waals surface area contributed by atoms with Crippen LogP contribution in [0.4, 0.5) is 5.69 Å². The van der Waals surface area contributed by atoms with Gasteiger partial charge in [0.15, 0.2) is 0 Å². The van der Waals surface area contributed by atoms with E-state index in [1.165, 1.54) is 0 Å². The molecule has 20 heavy (non-hydrogen) atoms. The van der Waals surface area contributed by atoms with Crippen molar-refractivity contribution in [2.24, 2.45) is 5.73 Å². The van der Waals surface area contributed by atoms with Crippen LogP contribution in [0.25, 0.3) is 0 Å². The van der Waals surface area contributed by atoms with E-state index in [2.05, 4.69) is 5.32 Å². The van der Waals surface area contributed by atoms with Gasteiger partial charge in [-0.3, -0.25) is 4.79 Å². The lowest BCUT2D eigenvalue weighted by Gasteiger charge is -2.22. The van der Waals surface area contributed by atoms with Gasteiger partial charge in [0.05, 0.1) is 23.2 Å². The molecule has 1 aromatic rings. The van der Waals surface area contributed by atoms with Gasteiger partial charge in [0.2, 0.25) is 5.91 Å². The van der Waals surface area contributed by atoms with E-state index in [9.17, 15) is 4.79 Å². The smallest absolute Gasteiger partial charge is 0.227 e. The average molecular weight is 313 g/mol. The van der Waals surface area contributed by atoms with E-state index in [1.807, 2.05) is 0 Å². The summed E-state index contributed by atoms with van der Waals surface area (Å²) in [5.41, 5.74) is 6.77. The van der Waals surface area contributed by atoms with E-state index in [0.29, 0.717) is 22.7 Å². The minimum atomic E-state index is -0.112. The Hall–Kier alpha value is -1.17. The predicted octanol–water partition coefficient (Wildman–Crippen LogP) is 2.87. The Labute approximate surface area is 128 Å². The monoisotopic (exact) mass is 312 g/mol. The van der Waals surface area contributed by atoms with Gasteiger partial charge >= 0.3 is 0 Å². The molecule has 1 atom stereocenters. The number of nitrogens with two attached hydrogens (primary N) is 1. The predicted molar refractivity (Wildman–Crippen MR) is 84.2 cm³/mol. The van der Waals surface area contributed by atoms with Crippen molar-refractivity contribution in [1.82, 2.24) is 0 Å². The van der Waals surface area contributed by atoms with Crippen LogP contribution in [0, 0.1) is 0 Å². The molecule has 0 saturated carbocycles. The Bertz CT molecular complexity index is 516. The van der Waals surface area contributed by atoms with Crippen LogP contribution in [0.15, 0.2) is 18.2 Å². The fourth-order valence-corrected chi connectivity index (χ4v) is 2.44. The van der Waals surface area contributed by atoms with Gasteiger partial charge in [-0.25, -0.2) is 0 Å². The van der Waals surface area contributed by atoms with Gasteiger partial charge in [-0.15, -0.1) is 0 Å². The number of ether oxygens (including phenoxy) is 1. The fraction of sp³-hybridized carbons (Fsp3) is 0.429. The molecular weight excluding hydrogens is 296 g/mol. The van der Waals surface area contributed by atoms with Crippen LogP contribution in [-0.4, -0.2) is 23.6 Å². The van der Waals surface area contributed by atoms with E-state index in [0.717, 1.165) is 25.9 Å². The molecule has 0 spiro atoms. The molecule has 0 aliphatic carbocycles. The number of halogens is 1. The number of hydrogen-bond acceptors (Lipinski definition) is 3. The van der Waals surface area contributed by atoms with Crippen molar-refractivity contribution in [3.63, 3.8) is 0 Å². The summed E-state index contributed by atoms with van der Waals surface area (Å²) in [5.74, 6) is -0.112. The molecule has 3 N–H and O–H groups in total. The molecule has 1 heterocycles. The van der Waals surface area contributed by atoms with Crippen molar-refractivity contribution in [1.29, 1.82) is 0 Å². The van der Waals surface area contributed by atoms with Crippen LogP contribution in [0.1, 0.15) is 31.2 Å². The number of hydrogen-bond donors (Lipinski definition) is 2. The molecule has 1 amide bonds. The first-order chi connectivity index (χ1) is 9.56. The van der Waals surface area contributed by atoms with E-state index < -0.39 is 0 Å². The minimum Gasteiger partial charge on any atom is -0.389 e. The van der Waals surface area contributed by atoms with Crippen molar-refractivity contribution >= 4 is 40.4 Å². The highest BCUT2D eigenvalue weighted by atomic mass is 35.5. The molecule has 0 aromatic heterocycles. The zero-order valence-electron chi connectivity index (χ0n) is 11.0. The molecule has 108 valence electrons. The topological polar surface area (TPSA) is 64.3 Å². The summed E-state index contributed by atoms with van der Waals surface area (Å²) >= 11 is 11.0. The van der Waals surface area contributed by atoms with Crippen LogP contribution < -0.4 is 11.1 Å². The third kappa shape index (κ3) is 4.16. The summed E-state index contributed by atoms with van der Waals surface area (Å²) < 4.78 is 5.54. The summed E-state index contributed by atoms with van der Waals surface area (Å²) in [4.78, 5) is 12.3. The lowest BCUT2D eigenvalue weighted by Crippen LogP contribution is -2.25. The van der Waals surface area contributed by atoms with Crippen molar-refractivity contribution in [2.45, 2.75) is 31.8 Å². The molecule has 0 radical (unpaired) electrons. The maximum atomic E-state index is 12.0. The second kappa shape index (κ2) is 7.02. The molecule has 4 nitrogen and oxygen atoms in total. The third-order valence-electron chi connectivity index (χ3n) is 3.21. The Morgan fingerprint density at radius 2 is 2.30 bits per heavy atom. The number of carbonyl (C=O) groups excluding carboxylic acids is 1. The summed E-state index contributed by atoms with van der Waals surface area (Å²) in [5, 5.41) is 3.25. The van der Waals surface area contributed by atoms with Gasteiger partial charge in [-0.2, -0.15) is 0 Å². The van der Waals surface area contributed by atoms with E-state index in [4.69, 9.17) is 34.3 Å². The molecule has 0 bridgehead atoms. The van der Waals surface area contributed by atoms with Gasteiger partial charge in [0, 0.05) is 12.2 Å². The van der Waals surface area contributed by atoms with E-state index >= 15 is 0 Å². The Morgan fingerprint density at radius 1 is 1.50 bits per heavy atom. The third-order valence-corrected chi connectivity index (χ3v) is 3.78. The van der Waals surface area contributed by atoms with Gasteiger partial charge in [0.25, 0.3) is 0 Å². The highest BCUT2D eigenvalue weighted by molar-refractivity contribution is 7.80. The van der Waals surface area contributed by atoms with Gasteiger partial charge < -0.3 is 15.8 Å². The average Bonchev–Trinajstić information content (AvgIpc) is 2.42. The van der Waals surface area contributed by atoms with Crippen molar-refractivity contribution < 1.29 is 9.53 Å². The number of carbonyl (C=O) groups is 1. The molecule has 1 aliphatic rings. The van der Waals surface area contributed by atoms with Gasteiger partial charge in [0.1, 0.15) is 4.99 Å². The van der Waals surface area contributed by atoms with E-state index in [-0.39, 0.29) is 17.0 Å². The first-order valence-corrected chi connectivity index (χ1v) is 7.35. The SMILES string of the molecule is NC(=S)c1ccc(Cl)c(NC(=O)CC2CCCCO2)c1. The van der Waals surface area contributed by atoms with Crippen molar-refractivity contribution in [3.05, 3.63) is 28.8 Å². The first kappa shape index (κ1) is 15.2.